The Kier molecular flexibility index (Phi) is 4.55. The third-order valence-electron chi connectivity index (χ3n) is 4.06. The van der Waals surface area contributed by atoms with Gasteiger partial charge in [0.25, 0.3) is 0 Å². The van der Waals surface area contributed by atoms with Crippen LogP contribution in [0.1, 0.15) is 31.2 Å². The molecule has 0 unspecified atom stereocenters. The van der Waals surface area contributed by atoms with Gasteiger partial charge in [0.2, 0.25) is 0 Å². The predicted molar refractivity (Wildman–Crippen MR) is 71.1 cm³/mol. The molecule has 1 aliphatic rings. The normalized spacial score (nSPS) is 23.6. The van der Waals surface area contributed by atoms with Crippen LogP contribution in [0.5, 0.6) is 0 Å². The van der Waals surface area contributed by atoms with Crippen molar-refractivity contribution in [2.24, 2.45) is 11.8 Å². The Labute approximate surface area is 116 Å². The molecule has 1 nitrogen and oxygen atoms in total. The molecule has 1 fully saturated rings. The van der Waals surface area contributed by atoms with E-state index in [1.807, 2.05) is 0 Å². The average molecular weight is 289 g/mol. The van der Waals surface area contributed by atoms with Crippen molar-refractivity contribution < 1.29 is 17.6 Å². The van der Waals surface area contributed by atoms with Gasteiger partial charge in [-0.1, -0.05) is 0 Å². The Hall–Kier alpha value is -1.26. The fourth-order valence-corrected chi connectivity index (χ4v) is 2.71. The second-order valence-electron chi connectivity index (χ2n) is 5.60. The average Bonchev–Trinajstić information content (AvgIpc) is 2.40. The number of anilines is 1. The molecule has 0 bridgehead atoms. The Morgan fingerprint density at radius 1 is 1.15 bits per heavy atom. The summed E-state index contributed by atoms with van der Waals surface area (Å²) in [6, 6.07) is 4.78. The molecule has 1 N–H and O–H groups in total. The number of hydrogen-bond acceptors (Lipinski definition) is 1. The van der Waals surface area contributed by atoms with Gasteiger partial charge in [-0.2, -0.15) is 13.2 Å². The van der Waals surface area contributed by atoms with Crippen LogP contribution in [0.4, 0.5) is 23.2 Å². The SMILES string of the molecule is Cc1cc(NCC2CCC(C(F)(F)F)CC2)ccc1F. The number of rotatable bonds is 3. The summed E-state index contributed by atoms with van der Waals surface area (Å²) in [5.41, 5.74) is 1.39. The van der Waals surface area contributed by atoms with E-state index >= 15 is 0 Å². The van der Waals surface area contributed by atoms with E-state index < -0.39 is 12.1 Å². The number of alkyl halides is 3. The lowest BCUT2D eigenvalue weighted by atomic mass is 9.81. The molecule has 1 aromatic rings. The molecule has 1 aliphatic carbocycles. The van der Waals surface area contributed by atoms with E-state index in [2.05, 4.69) is 5.32 Å². The first-order valence-electron chi connectivity index (χ1n) is 6.93. The number of benzene rings is 1. The molecular formula is C15H19F4N. The van der Waals surface area contributed by atoms with Gasteiger partial charge in [-0.25, -0.2) is 4.39 Å². The molecule has 5 heteroatoms. The van der Waals surface area contributed by atoms with Gasteiger partial charge in [-0.3, -0.25) is 0 Å². The minimum atomic E-state index is -4.05. The predicted octanol–water partition coefficient (Wildman–Crippen LogP) is 4.91. The first-order valence-corrected chi connectivity index (χ1v) is 6.93. The molecule has 112 valence electrons. The molecule has 0 aromatic heterocycles. The van der Waals surface area contributed by atoms with Gasteiger partial charge in [0.1, 0.15) is 5.82 Å². The fraction of sp³-hybridized carbons (Fsp3) is 0.600. The summed E-state index contributed by atoms with van der Waals surface area (Å²) in [5, 5.41) is 3.19. The number of aryl methyl sites for hydroxylation is 1. The second kappa shape index (κ2) is 6.02. The monoisotopic (exact) mass is 289 g/mol. The minimum absolute atomic E-state index is 0.221. The zero-order chi connectivity index (χ0) is 14.8. The number of halogens is 4. The quantitative estimate of drug-likeness (QED) is 0.779. The number of hydrogen-bond donors (Lipinski definition) is 1. The van der Waals surface area contributed by atoms with E-state index in [1.165, 1.54) is 6.07 Å². The highest BCUT2D eigenvalue weighted by Crippen LogP contribution is 2.39. The van der Waals surface area contributed by atoms with Gasteiger partial charge in [0.05, 0.1) is 5.92 Å². The van der Waals surface area contributed by atoms with Crippen LogP contribution >= 0.6 is 0 Å². The van der Waals surface area contributed by atoms with Crippen LogP contribution < -0.4 is 5.32 Å². The molecular weight excluding hydrogens is 270 g/mol. The lowest BCUT2D eigenvalue weighted by Gasteiger charge is -2.30. The van der Waals surface area contributed by atoms with Gasteiger partial charge >= 0.3 is 6.18 Å². The molecule has 2 rings (SSSR count). The van der Waals surface area contributed by atoms with E-state index in [4.69, 9.17) is 0 Å². The third-order valence-corrected chi connectivity index (χ3v) is 4.06. The molecule has 0 heterocycles. The molecule has 0 saturated heterocycles. The molecule has 20 heavy (non-hydrogen) atoms. The molecule has 0 amide bonds. The zero-order valence-electron chi connectivity index (χ0n) is 11.4. The summed E-state index contributed by atoms with van der Waals surface area (Å²) in [4.78, 5) is 0. The maximum absolute atomic E-state index is 13.1. The lowest BCUT2D eigenvalue weighted by Crippen LogP contribution is -2.29. The fourth-order valence-electron chi connectivity index (χ4n) is 2.71. The van der Waals surface area contributed by atoms with Gasteiger partial charge in [0, 0.05) is 12.2 Å². The molecule has 0 atom stereocenters. The maximum Gasteiger partial charge on any atom is 0.391 e. The van der Waals surface area contributed by atoms with Crippen LogP contribution in [0, 0.1) is 24.6 Å². The van der Waals surface area contributed by atoms with Crippen molar-refractivity contribution in [3.8, 4) is 0 Å². The Morgan fingerprint density at radius 2 is 1.80 bits per heavy atom. The van der Waals surface area contributed by atoms with E-state index in [-0.39, 0.29) is 24.6 Å². The highest BCUT2D eigenvalue weighted by molar-refractivity contribution is 5.45. The first-order chi connectivity index (χ1) is 9.36. The van der Waals surface area contributed by atoms with Gasteiger partial charge < -0.3 is 5.32 Å². The van der Waals surface area contributed by atoms with Crippen LogP contribution in [0.2, 0.25) is 0 Å². The van der Waals surface area contributed by atoms with E-state index in [9.17, 15) is 17.6 Å². The van der Waals surface area contributed by atoms with Crippen molar-refractivity contribution in [2.75, 3.05) is 11.9 Å². The zero-order valence-corrected chi connectivity index (χ0v) is 11.4. The minimum Gasteiger partial charge on any atom is -0.385 e. The van der Waals surface area contributed by atoms with Crippen molar-refractivity contribution in [2.45, 2.75) is 38.8 Å². The van der Waals surface area contributed by atoms with Crippen molar-refractivity contribution in [1.29, 1.82) is 0 Å². The molecule has 1 saturated carbocycles. The lowest BCUT2D eigenvalue weighted by molar-refractivity contribution is -0.183. The Bertz CT molecular complexity index is 448. The smallest absolute Gasteiger partial charge is 0.385 e. The van der Waals surface area contributed by atoms with Gasteiger partial charge in [-0.15, -0.1) is 0 Å². The van der Waals surface area contributed by atoms with Crippen LogP contribution in [-0.2, 0) is 0 Å². The molecule has 0 aliphatic heterocycles. The summed E-state index contributed by atoms with van der Waals surface area (Å²) in [6.07, 6.45) is -2.42. The van der Waals surface area contributed by atoms with E-state index in [0.29, 0.717) is 24.9 Å². The van der Waals surface area contributed by atoms with Crippen molar-refractivity contribution in [3.63, 3.8) is 0 Å². The molecule has 0 spiro atoms. The molecule has 1 aromatic carbocycles. The standard InChI is InChI=1S/C15H19F4N/c1-10-8-13(6-7-14(10)16)20-9-11-2-4-12(5-3-11)15(17,18)19/h6-8,11-12,20H,2-5,9H2,1H3. The Morgan fingerprint density at radius 3 is 2.35 bits per heavy atom. The summed E-state index contributed by atoms with van der Waals surface area (Å²) in [5.74, 6) is -1.12. The molecule has 0 radical (unpaired) electrons. The van der Waals surface area contributed by atoms with Gasteiger partial charge in [-0.05, 0) is 62.3 Å². The largest absolute Gasteiger partial charge is 0.391 e. The van der Waals surface area contributed by atoms with Crippen LogP contribution in [0.15, 0.2) is 18.2 Å². The van der Waals surface area contributed by atoms with Gasteiger partial charge in [0.15, 0.2) is 0 Å². The number of nitrogens with one attached hydrogen (secondary N) is 1. The van der Waals surface area contributed by atoms with Crippen LogP contribution in [0.3, 0.4) is 0 Å². The second-order valence-corrected chi connectivity index (χ2v) is 5.60. The first kappa shape index (κ1) is 15.1. The van der Waals surface area contributed by atoms with Crippen molar-refractivity contribution >= 4 is 5.69 Å². The topological polar surface area (TPSA) is 12.0 Å². The van der Waals surface area contributed by atoms with Crippen LogP contribution in [-0.4, -0.2) is 12.7 Å². The highest BCUT2D eigenvalue weighted by Gasteiger charge is 2.41. The van der Waals surface area contributed by atoms with Crippen molar-refractivity contribution in [3.05, 3.63) is 29.6 Å². The summed E-state index contributed by atoms with van der Waals surface area (Å²) >= 11 is 0. The summed E-state index contributed by atoms with van der Waals surface area (Å²) in [6.45, 7) is 2.34. The van der Waals surface area contributed by atoms with E-state index in [1.54, 1.807) is 19.1 Å². The van der Waals surface area contributed by atoms with Crippen molar-refractivity contribution in [1.82, 2.24) is 0 Å². The highest BCUT2D eigenvalue weighted by atomic mass is 19.4. The maximum atomic E-state index is 13.1. The summed E-state index contributed by atoms with van der Waals surface area (Å²) < 4.78 is 50.8. The Balaban J connectivity index is 1.80. The summed E-state index contributed by atoms with van der Waals surface area (Å²) in [7, 11) is 0. The third kappa shape index (κ3) is 3.87. The van der Waals surface area contributed by atoms with E-state index in [0.717, 1.165) is 5.69 Å². The van der Waals surface area contributed by atoms with Crippen LogP contribution in [0.25, 0.3) is 0 Å².